The minimum atomic E-state index is -3.93. The lowest BCUT2D eigenvalue weighted by molar-refractivity contribution is -0.154. The molecule has 8 nitrogen and oxygen atoms in total. The van der Waals surface area contributed by atoms with E-state index in [2.05, 4.69) is 10.0 Å². The number of thioether (sulfide) groups is 1. The van der Waals surface area contributed by atoms with E-state index in [1.165, 1.54) is 30.8 Å². The van der Waals surface area contributed by atoms with Gasteiger partial charge in [-0.25, -0.2) is 8.42 Å². The minimum Gasteiger partial charge on any atom is -0.451 e. The smallest absolute Gasteiger partial charge is 0.324 e. The lowest BCUT2D eigenvalue weighted by Gasteiger charge is -2.20. The van der Waals surface area contributed by atoms with Crippen LogP contribution in [0.5, 0.6) is 0 Å². The summed E-state index contributed by atoms with van der Waals surface area (Å²) >= 11 is 1.45. The predicted octanol–water partition coefficient (Wildman–Crippen LogP) is 2.53. The highest BCUT2D eigenvalue weighted by molar-refractivity contribution is 7.98. The molecule has 0 fully saturated rings. The molecule has 2 N–H and O–H groups in total. The first-order chi connectivity index (χ1) is 14.8. The highest BCUT2D eigenvalue weighted by atomic mass is 32.2. The number of nitriles is 1. The van der Waals surface area contributed by atoms with E-state index in [9.17, 15) is 18.0 Å². The molecule has 0 unspecified atom stereocenters. The maximum Gasteiger partial charge on any atom is 0.324 e. The molecule has 0 spiro atoms. The van der Waals surface area contributed by atoms with Gasteiger partial charge in [-0.3, -0.25) is 9.59 Å². The first-order valence-corrected chi connectivity index (χ1v) is 12.2. The van der Waals surface area contributed by atoms with Crippen LogP contribution in [-0.2, 0) is 24.3 Å². The van der Waals surface area contributed by atoms with Gasteiger partial charge in [-0.05, 0) is 61.8 Å². The molecule has 2 aromatic carbocycles. The number of carbonyl (C=O) groups is 2. The summed E-state index contributed by atoms with van der Waals surface area (Å²) in [4.78, 5) is 25.0. The fraction of sp³-hybridized carbons (Fsp3) is 0.286. The molecule has 31 heavy (non-hydrogen) atoms. The Morgan fingerprint density at radius 3 is 2.35 bits per heavy atom. The summed E-state index contributed by atoms with van der Waals surface area (Å²) in [6.07, 6.45) is 0.888. The van der Waals surface area contributed by atoms with E-state index in [4.69, 9.17) is 10.00 Å². The van der Waals surface area contributed by atoms with Gasteiger partial charge in [-0.15, -0.1) is 0 Å². The number of sulfonamides is 1. The van der Waals surface area contributed by atoms with Gasteiger partial charge in [0.25, 0.3) is 5.91 Å². The number of hydrogen-bond donors (Lipinski definition) is 2. The maximum atomic E-state index is 12.6. The molecule has 0 saturated carbocycles. The Kier molecular flexibility index (Phi) is 9.05. The molecule has 0 heterocycles. The predicted molar refractivity (Wildman–Crippen MR) is 119 cm³/mol. The molecule has 2 rings (SSSR count). The van der Waals surface area contributed by atoms with Crippen LogP contribution < -0.4 is 10.0 Å². The molecular formula is C21H23N3O5S2. The highest BCUT2D eigenvalue weighted by Gasteiger charge is 2.29. The van der Waals surface area contributed by atoms with Gasteiger partial charge in [-0.2, -0.15) is 21.7 Å². The number of carbonyl (C=O) groups excluding carboxylic acids is 2. The Labute approximate surface area is 186 Å². The SMILES string of the molecule is CSCC[C@H](NS(=O)(=O)c1ccccc1)C(=O)O[C@@H](C)C(=O)Nc1ccc(C#N)cc1. The molecule has 164 valence electrons. The second kappa shape index (κ2) is 11.5. The fourth-order valence-corrected chi connectivity index (χ4v) is 4.21. The topological polar surface area (TPSA) is 125 Å². The lowest BCUT2D eigenvalue weighted by atomic mass is 10.2. The number of hydrogen-bond acceptors (Lipinski definition) is 7. The zero-order valence-corrected chi connectivity index (χ0v) is 18.7. The first kappa shape index (κ1) is 24.4. The van der Waals surface area contributed by atoms with Crippen LogP contribution in [0, 0.1) is 11.3 Å². The summed E-state index contributed by atoms with van der Waals surface area (Å²) in [5.41, 5.74) is 0.885. The largest absolute Gasteiger partial charge is 0.451 e. The van der Waals surface area contributed by atoms with E-state index >= 15 is 0 Å². The van der Waals surface area contributed by atoms with Crippen LogP contribution >= 0.6 is 11.8 Å². The van der Waals surface area contributed by atoms with E-state index in [1.54, 1.807) is 42.5 Å². The molecular weight excluding hydrogens is 438 g/mol. The van der Waals surface area contributed by atoms with Crippen LogP contribution in [-0.4, -0.2) is 44.4 Å². The normalized spacial score (nSPS) is 12.9. The number of amides is 1. The zero-order valence-electron chi connectivity index (χ0n) is 17.1. The van der Waals surface area contributed by atoms with Crippen molar-refractivity contribution in [1.82, 2.24) is 4.72 Å². The fourth-order valence-electron chi connectivity index (χ4n) is 2.50. The number of nitrogens with zero attached hydrogens (tertiary/aromatic N) is 1. The van der Waals surface area contributed by atoms with E-state index in [0.717, 1.165) is 0 Å². The van der Waals surface area contributed by atoms with Gasteiger partial charge in [0.05, 0.1) is 16.5 Å². The van der Waals surface area contributed by atoms with E-state index < -0.39 is 34.0 Å². The van der Waals surface area contributed by atoms with Gasteiger partial charge >= 0.3 is 5.97 Å². The van der Waals surface area contributed by atoms with E-state index in [-0.39, 0.29) is 11.3 Å². The molecule has 0 aliphatic heterocycles. The Balaban J connectivity index is 2.04. The minimum absolute atomic E-state index is 0.0311. The van der Waals surface area contributed by atoms with Crippen molar-refractivity contribution in [2.24, 2.45) is 0 Å². The number of esters is 1. The van der Waals surface area contributed by atoms with Crippen molar-refractivity contribution in [3.8, 4) is 6.07 Å². The van der Waals surface area contributed by atoms with Gasteiger partial charge in [0.15, 0.2) is 6.10 Å². The molecule has 2 atom stereocenters. The summed E-state index contributed by atoms with van der Waals surface area (Å²) in [5, 5.41) is 11.4. The molecule has 10 heteroatoms. The number of nitrogens with one attached hydrogen (secondary N) is 2. The third kappa shape index (κ3) is 7.40. The Morgan fingerprint density at radius 2 is 1.77 bits per heavy atom. The molecule has 1 amide bonds. The molecule has 0 aliphatic rings. The number of rotatable bonds is 10. The van der Waals surface area contributed by atoms with Crippen molar-refractivity contribution < 1.29 is 22.7 Å². The van der Waals surface area contributed by atoms with Crippen molar-refractivity contribution in [3.63, 3.8) is 0 Å². The highest BCUT2D eigenvalue weighted by Crippen LogP contribution is 2.13. The monoisotopic (exact) mass is 461 g/mol. The number of benzene rings is 2. The Bertz CT molecular complexity index is 1030. The maximum absolute atomic E-state index is 12.6. The first-order valence-electron chi connectivity index (χ1n) is 9.34. The van der Waals surface area contributed by atoms with E-state index in [1.807, 2.05) is 12.3 Å². The molecule has 0 aromatic heterocycles. The van der Waals surface area contributed by atoms with Gasteiger partial charge < -0.3 is 10.1 Å². The van der Waals surface area contributed by atoms with Crippen molar-refractivity contribution in [2.75, 3.05) is 17.3 Å². The molecule has 0 radical (unpaired) electrons. The van der Waals surface area contributed by atoms with Gasteiger partial charge in [-0.1, -0.05) is 18.2 Å². The molecule has 0 bridgehead atoms. The van der Waals surface area contributed by atoms with Crippen LogP contribution in [0.2, 0.25) is 0 Å². The average Bonchev–Trinajstić information content (AvgIpc) is 2.77. The molecule has 2 aromatic rings. The molecule has 0 aliphatic carbocycles. The quantitative estimate of drug-likeness (QED) is 0.521. The van der Waals surface area contributed by atoms with Crippen molar-refractivity contribution >= 4 is 39.3 Å². The summed E-state index contributed by atoms with van der Waals surface area (Å²) < 4.78 is 32.8. The van der Waals surface area contributed by atoms with E-state index in [0.29, 0.717) is 17.0 Å². The summed E-state index contributed by atoms with van der Waals surface area (Å²) in [6, 6.07) is 14.7. The van der Waals surface area contributed by atoms with Crippen molar-refractivity contribution in [2.45, 2.75) is 30.4 Å². The lowest BCUT2D eigenvalue weighted by Crippen LogP contribution is -2.44. The van der Waals surface area contributed by atoms with Crippen molar-refractivity contribution in [1.29, 1.82) is 5.26 Å². The Morgan fingerprint density at radius 1 is 1.13 bits per heavy atom. The average molecular weight is 462 g/mol. The van der Waals surface area contributed by atoms with Crippen LogP contribution in [0.1, 0.15) is 18.9 Å². The molecule has 0 saturated heterocycles. The third-order valence-electron chi connectivity index (χ3n) is 4.19. The third-order valence-corrected chi connectivity index (χ3v) is 6.32. The van der Waals surface area contributed by atoms with Crippen LogP contribution in [0.25, 0.3) is 0 Å². The second-order valence-corrected chi connectivity index (χ2v) is 9.23. The van der Waals surface area contributed by atoms with Crippen LogP contribution in [0.4, 0.5) is 5.69 Å². The summed E-state index contributed by atoms with van der Waals surface area (Å²) in [5.74, 6) is -0.897. The number of anilines is 1. The van der Waals surface area contributed by atoms with Gasteiger partial charge in [0, 0.05) is 5.69 Å². The summed E-state index contributed by atoms with van der Waals surface area (Å²) in [7, 11) is -3.93. The van der Waals surface area contributed by atoms with Crippen molar-refractivity contribution in [3.05, 3.63) is 60.2 Å². The summed E-state index contributed by atoms with van der Waals surface area (Å²) in [6.45, 7) is 1.40. The van der Waals surface area contributed by atoms with Gasteiger partial charge in [0.2, 0.25) is 10.0 Å². The Hall–Kier alpha value is -2.87. The van der Waals surface area contributed by atoms with Crippen LogP contribution in [0.15, 0.2) is 59.5 Å². The zero-order chi connectivity index (χ0) is 22.9. The standard InChI is InChI=1S/C21H23N3O5S2/c1-15(20(25)23-17-10-8-16(14-22)9-11-17)29-21(26)19(12-13-30-2)24-31(27,28)18-6-4-3-5-7-18/h3-11,15,19,24H,12-13H2,1-2H3,(H,23,25)/t15-,19-/m0/s1. The second-order valence-electron chi connectivity index (χ2n) is 6.53. The van der Waals surface area contributed by atoms with Crippen LogP contribution in [0.3, 0.4) is 0 Å². The van der Waals surface area contributed by atoms with Gasteiger partial charge in [0.1, 0.15) is 6.04 Å². The number of ether oxygens (including phenoxy) is 1.